The molecule has 2 unspecified atom stereocenters. The number of hydrogen-bond donors (Lipinski definition) is 2. The molecule has 0 fully saturated rings. The van der Waals surface area contributed by atoms with Crippen molar-refractivity contribution >= 4 is 11.3 Å². The van der Waals surface area contributed by atoms with Gasteiger partial charge < -0.3 is 4.74 Å². The van der Waals surface area contributed by atoms with E-state index in [9.17, 15) is 0 Å². The summed E-state index contributed by atoms with van der Waals surface area (Å²) in [5.41, 5.74) is 2.83. The van der Waals surface area contributed by atoms with Crippen molar-refractivity contribution in [3.05, 3.63) is 22.4 Å². The third-order valence-corrected chi connectivity index (χ3v) is 3.23. The van der Waals surface area contributed by atoms with Crippen molar-refractivity contribution in [1.82, 2.24) is 5.43 Å². The molecule has 1 rings (SSSR count). The van der Waals surface area contributed by atoms with Gasteiger partial charge in [0.2, 0.25) is 0 Å². The van der Waals surface area contributed by atoms with Crippen LogP contribution >= 0.6 is 11.3 Å². The van der Waals surface area contributed by atoms with Gasteiger partial charge in [-0.3, -0.25) is 5.84 Å². The van der Waals surface area contributed by atoms with Gasteiger partial charge in [0.05, 0.1) is 12.1 Å². The van der Waals surface area contributed by atoms with Gasteiger partial charge in [-0.1, -0.05) is 19.4 Å². The van der Waals surface area contributed by atoms with E-state index >= 15 is 0 Å². The highest BCUT2D eigenvalue weighted by molar-refractivity contribution is 7.10. The third kappa shape index (κ3) is 2.78. The number of ether oxygens (including phenoxy) is 1. The zero-order valence-electron chi connectivity index (χ0n) is 8.69. The smallest absolute Gasteiger partial charge is 0.0814 e. The van der Waals surface area contributed by atoms with Crippen LogP contribution in [0.4, 0.5) is 0 Å². The lowest BCUT2D eigenvalue weighted by molar-refractivity contribution is 0.0617. The first-order chi connectivity index (χ1) is 6.83. The maximum atomic E-state index is 5.55. The Morgan fingerprint density at radius 1 is 1.64 bits per heavy atom. The first kappa shape index (κ1) is 11.7. The number of methoxy groups -OCH3 is 1. The number of hydrogen-bond acceptors (Lipinski definition) is 4. The molecule has 1 aromatic rings. The van der Waals surface area contributed by atoms with Crippen molar-refractivity contribution in [3.8, 4) is 0 Å². The first-order valence-electron chi connectivity index (χ1n) is 4.85. The minimum atomic E-state index is 0.111. The Labute approximate surface area is 89.2 Å². The van der Waals surface area contributed by atoms with E-state index in [4.69, 9.17) is 10.6 Å². The van der Waals surface area contributed by atoms with Crippen molar-refractivity contribution in [3.63, 3.8) is 0 Å². The van der Waals surface area contributed by atoms with Gasteiger partial charge in [-0.2, -0.15) is 0 Å². The molecule has 0 aromatic carbocycles. The fraction of sp³-hybridized carbons (Fsp3) is 0.600. The van der Waals surface area contributed by atoms with Crippen molar-refractivity contribution in [2.24, 2.45) is 5.84 Å². The molecule has 0 aliphatic carbocycles. The minimum Gasteiger partial charge on any atom is -0.379 e. The second-order valence-electron chi connectivity index (χ2n) is 3.22. The van der Waals surface area contributed by atoms with E-state index < -0.39 is 0 Å². The number of nitrogens with one attached hydrogen (secondary N) is 1. The van der Waals surface area contributed by atoms with Crippen LogP contribution in [-0.4, -0.2) is 13.2 Å². The zero-order valence-corrected chi connectivity index (χ0v) is 9.51. The SMILES string of the molecule is CCCC(OC)C(NN)c1cccs1. The Morgan fingerprint density at radius 2 is 2.43 bits per heavy atom. The Bertz CT molecular complexity index is 238. The van der Waals surface area contributed by atoms with Crippen molar-refractivity contribution in [1.29, 1.82) is 0 Å². The zero-order chi connectivity index (χ0) is 10.4. The maximum Gasteiger partial charge on any atom is 0.0814 e. The van der Waals surface area contributed by atoms with E-state index in [-0.39, 0.29) is 12.1 Å². The monoisotopic (exact) mass is 214 g/mol. The average Bonchev–Trinajstić information content (AvgIpc) is 2.71. The van der Waals surface area contributed by atoms with Crippen LogP contribution in [0.3, 0.4) is 0 Å². The quantitative estimate of drug-likeness (QED) is 0.563. The molecule has 80 valence electrons. The predicted molar refractivity (Wildman–Crippen MR) is 60.1 cm³/mol. The van der Waals surface area contributed by atoms with Gasteiger partial charge in [-0.05, 0) is 17.9 Å². The van der Waals surface area contributed by atoms with E-state index in [1.54, 1.807) is 18.4 Å². The molecule has 0 aliphatic rings. The molecule has 3 N–H and O–H groups in total. The highest BCUT2D eigenvalue weighted by Gasteiger charge is 2.21. The van der Waals surface area contributed by atoms with E-state index in [0.717, 1.165) is 12.8 Å². The van der Waals surface area contributed by atoms with Crippen molar-refractivity contribution < 1.29 is 4.74 Å². The Balaban J connectivity index is 2.68. The third-order valence-electron chi connectivity index (χ3n) is 2.28. The topological polar surface area (TPSA) is 47.3 Å². The average molecular weight is 214 g/mol. The molecule has 0 saturated carbocycles. The molecule has 3 nitrogen and oxygen atoms in total. The Hall–Kier alpha value is -0.420. The van der Waals surface area contributed by atoms with E-state index in [0.29, 0.717) is 0 Å². The fourth-order valence-electron chi connectivity index (χ4n) is 1.55. The van der Waals surface area contributed by atoms with E-state index in [1.165, 1.54) is 4.88 Å². The van der Waals surface area contributed by atoms with Gasteiger partial charge in [-0.15, -0.1) is 11.3 Å². The van der Waals surface area contributed by atoms with E-state index in [2.05, 4.69) is 23.8 Å². The maximum absolute atomic E-state index is 5.55. The van der Waals surface area contributed by atoms with Gasteiger partial charge in [0.1, 0.15) is 0 Å². The van der Waals surface area contributed by atoms with Crippen molar-refractivity contribution in [2.75, 3.05) is 7.11 Å². The second kappa shape index (κ2) is 6.14. The summed E-state index contributed by atoms with van der Waals surface area (Å²) < 4.78 is 5.43. The van der Waals surface area contributed by atoms with Gasteiger partial charge in [0.15, 0.2) is 0 Å². The van der Waals surface area contributed by atoms with Crippen LogP contribution in [0.1, 0.15) is 30.7 Å². The van der Waals surface area contributed by atoms with Crippen LogP contribution in [0.25, 0.3) is 0 Å². The van der Waals surface area contributed by atoms with Crippen LogP contribution in [0.15, 0.2) is 17.5 Å². The van der Waals surface area contributed by atoms with Crippen LogP contribution < -0.4 is 11.3 Å². The van der Waals surface area contributed by atoms with Crippen LogP contribution in [0.2, 0.25) is 0 Å². The highest BCUT2D eigenvalue weighted by Crippen LogP contribution is 2.25. The summed E-state index contributed by atoms with van der Waals surface area (Å²) in [6.45, 7) is 2.15. The molecule has 2 atom stereocenters. The normalized spacial score (nSPS) is 15.4. The Kier molecular flexibility index (Phi) is 5.11. The lowest BCUT2D eigenvalue weighted by Gasteiger charge is -2.24. The van der Waals surface area contributed by atoms with Crippen molar-refractivity contribution in [2.45, 2.75) is 31.9 Å². The first-order valence-corrected chi connectivity index (χ1v) is 5.73. The summed E-state index contributed by atoms with van der Waals surface area (Å²) in [5, 5.41) is 2.05. The molecule has 0 radical (unpaired) electrons. The summed E-state index contributed by atoms with van der Waals surface area (Å²) in [6, 6.07) is 4.22. The van der Waals surface area contributed by atoms with Gasteiger partial charge in [-0.25, -0.2) is 5.43 Å². The lowest BCUT2D eigenvalue weighted by Crippen LogP contribution is -2.37. The summed E-state index contributed by atoms with van der Waals surface area (Å²) in [6.07, 6.45) is 2.27. The van der Waals surface area contributed by atoms with Gasteiger partial charge in [0.25, 0.3) is 0 Å². The molecule has 14 heavy (non-hydrogen) atoms. The predicted octanol–water partition coefficient (Wildman–Crippen LogP) is 2.07. The molecule has 0 bridgehead atoms. The Morgan fingerprint density at radius 3 is 2.86 bits per heavy atom. The molecular formula is C10H18N2OS. The largest absolute Gasteiger partial charge is 0.379 e. The highest BCUT2D eigenvalue weighted by atomic mass is 32.1. The molecule has 1 heterocycles. The standard InChI is InChI=1S/C10H18N2OS/c1-3-5-8(13-2)10(12-11)9-6-4-7-14-9/h4,6-8,10,12H,3,5,11H2,1-2H3. The summed E-state index contributed by atoms with van der Waals surface area (Å²) in [5.74, 6) is 5.55. The molecular weight excluding hydrogens is 196 g/mol. The molecule has 0 saturated heterocycles. The molecule has 0 aliphatic heterocycles. The number of hydrazine groups is 1. The summed E-state index contributed by atoms with van der Waals surface area (Å²) >= 11 is 1.70. The fourth-order valence-corrected chi connectivity index (χ4v) is 2.38. The molecule has 0 amide bonds. The van der Waals surface area contributed by atoms with Crippen LogP contribution in [0, 0.1) is 0 Å². The second-order valence-corrected chi connectivity index (χ2v) is 4.20. The van der Waals surface area contributed by atoms with Crippen LogP contribution in [0.5, 0.6) is 0 Å². The number of nitrogens with two attached hydrogens (primary N) is 1. The number of thiophene rings is 1. The van der Waals surface area contributed by atoms with Gasteiger partial charge >= 0.3 is 0 Å². The molecule has 1 aromatic heterocycles. The summed E-state index contributed by atoms with van der Waals surface area (Å²) in [4.78, 5) is 1.23. The van der Waals surface area contributed by atoms with Gasteiger partial charge in [0, 0.05) is 12.0 Å². The number of rotatable bonds is 6. The molecule has 0 spiro atoms. The summed E-state index contributed by atoms with van der Waals surface area (Å²) in [7, 11) is 1.73. The van der Waals surface area contributed by atoms with Crippen LogP contribution in [-0.2, 0) is 4.74 Å². The van der Waals surface area contributed by atoms with E-state index in [1.807, 2.05) is 6.07 Å². The minimum absolute atomic E-state index is 0.111. The lowest BCUT2D eigenvalue weighted by atomic mass is 10.1. The molecule has 4 heteroatoms.